The van der Waals surface area contributed by atoms with Crippen LogP contribution in [0.15, 0.2) is 64.4 Å². The molecule has 7 rings (SSSR count). The molecular weight excluding hydrogens is 599 g/mol. The maximum atomic E-state index is 2.50. The van der Waals surface area contributed by atoms with Gasteiger partial charge in [0, 0.05) is 5.54 Å². The first-order chi connectivity index (χ1) is 15.5. The Balaban J connectivity index is 0.000000208. The molecule has 3 heterocycles. The Morgan fingerprint density at radius 2 is 1.51 bits per heavy atom. The summed E-state index contributed by atoms with van der Waals surface area (Å²) in [5, 5.41) is 8.00. The molecule has 2 atom stereocenters. The summed E-state index contributed by atoms with van der Waals surface area (Å²) in [7, 11) is -2.18. The molecule has 35 heavy (non-hydrogen) atoms. The van der Waals surface area contributed by atoms with Gasteiger partial charge in [-0.15, -0.1) is 0 Å². The minimum absolute atomic E-state index is 0. The zero-order valence-electron chi connectivity index (χ0n) is 21.6. The Morgan fingerprint density at radius 3 is 2.09 bits per heavy atom. The van der Waals surface area contributed by atoms with E-state index in [9.17, 15) is 0 Å². The number of thiophene rings is 1. The average Bonchev–Trinajstić information content (AvgIpc) is 3.45. The van der Waals surface area contributed by atoms with Crippen molar-refractivity contribution in [3.63, 3.8) is 0 Å². The first kappa shape index (κ1) is 29.1. The summed E-state index contributed by atoms with van der Waals surface area (Å²) in [6.07, 6.45) is 2.39. The van der Waals surface area contributed by atoms with Gasteiger partial charge in [-0.3, -0.25) is 0 Å². The van der Waals surface area contributed by atoms with Crippen molar-refractivity contribution in [3.05, 3.63) is 86.6 Å². The molecule has 0 spiro atoms. The third-order valence-corrected chi connectivity index (χ3v) is 16.7. The van der Waals surface area contributed by atoms with Crippen molar-refractivity contribution in [3.8, 4) is 11.1 Å². The second-order valence-corrected chi connectivity index (χ2v) is 23.2. The molecule has 0 saturated carbocycles. The molecule has 6 heteroatoms. The third-order valence-electron chi connectivity index (χ3n) is 7.81. The van der Waals surface area contributed by atoms with E-state index in [1.165, 1.54) is 33.0 Å². The van der Waals surface area contributed by atoms with Crippen molar-refractivity contribution in [2.24, 2.45) is 0 Å². The fourth-order valence-electron chi connectivity index (χ4n) is 6.13. The number of rotatable bonds is 2. The van der Waals surface area contributed by atoms with E-state index in [1.54, 1.807) is 46.6 Å². The molecule has 1 aromatic heterocycles. The van der Waals surface area contributed by atoms with E-state index < -0.39 is 16.1 Å². The molecule has 181 valence electrons. The summed E-state index contributed by atoms with van der Waals surface area (Å²) in [5.74, 6) is 0. The summed E-state index contributed by atoms with van der Waals surface area (Å²) in [6, 6.07) is 16.1. The zero-order valence-corrected chi connectivity index (χ0v) is 28.4. The maximum Gasteiger partial charge on any atom is -1.00 e. The Bertz CT molecular complexity index is 1310. The van der Waals surface area contributed by atoms with Crippen molar-refractivity contribution in [2.45, 2.75) is 55.7 Å². The first-order valence-electron chi connectivity index (χ1n) is 11.9. The smallest absolute Gasteiger partial charge is 1.00 e. The molecule has 2 aliphatic heterocycles. The predicted molar refractivity (Wildman–Crippen MR) is 148 cm³/mol. The van der Waals surface area contributed by atoms with Crippen LogP contribution >= 0.6 is 11.3 Å². The van der Waals surface area contributed by atoms with Gasteiger partial charge in [0.25, 0.3) is 0 Å². The summed E-state index contributed by atoms with van der Waals surface area (Å²) < 4.78 is 0.647. The summed E-state index contributed by atoms with van der Waals surface area (Å²) >= 11 is 3.46. The van der Waals surface area contributed by atoms with E-state index in [4.69, 9.17) is 0 Å². The van der Waals surface area contributed by atoms with Crippen molar-refractivity contribution < 1.29 is 49.5 Å². The van der Waals surface area contributed by atoms with Gasteiger partial charge in [0.1, 0.15) is 0 Å². The minimum atomic E-state index is -1.21. The summed E-state index contributed by atoms with van der Waals surface area (Å²) in [6.45, 7) is 16.8. The van der Waals surface area contributed by atoms with Crippen molar-refractivity contribution in [1.29, 1.82) is 0 Å². The molecule has 3 aromatic rings. The van der Waals surface area contributed by atoms with Gasteiger partial charge < -0.3 is 24.8 Å². The van der Waals surface area contributed by atoms with Crippen molar-refractivity contribution >= 4 is 43.9 Å². The third kappa shape index (κ3) is 4.77. The Morgan fingerprint density at radius 1 is 0.857 bits per heavy atom. The molecule has 2 unspecified atom stereocenters. The molecule has 0 fully saturated rings. The van der Waals surface area contributed by atoms with Crippen LogP contribution in [0.2, 0.25) is 32.7 Å². The molecular formula is C29H33Cl2SSi2Zr. The van der Waals surface area contributed by atoms with Gasteiger partial charge in [-0.1, -0.05) is 23.9 Å². The van der Waals surface area contributed by atoms with E-state index in [-0.39, 0.29) is 24.8 Å². The van der Waals surface area contributed by atoms with E-state index in [0.29, 0.717) is 3.63 Å². The predicted octanol–water partition coefficient (Wildman–Crippen LogP) is 2.33. The van der Waals surface area contributed by atoms with Crippen LogP contribution in [0, 0.1) is 0 Å². The topological polar surface area (TPSA) is 0 Å². The van der Waals surface area contributed by atoms with Gasteiger partial charge in [-0.2, -0.15) is 11.3 Å². The van der Waals surface area contributed by atoms with Crippen LogP contribution in [-0.4, -0.2) is 16.1 Å². The monoisotopic (exact) mass is 629 g/mol. The molecule has 0 nitrogen and oxygen atoms in total. The number of hydrogen-bond donors (Lipinski definition) is 0. The fraction of sp³-hybridized carbons (Fsp3) is 0.310. The van der Waals surface area contributed by atoms with E-state index >= 15 is 0 Å². The standard InChI is InChI=1S/C19H21Si.C10H12SSi.2ClH.Zr/c1-14-12-16-6-5-7-18(19(16)13-14)15-8-10-17(11-9-15)20(2,3)4;1-6-9-7-4-11-5-8(7)10(6)12(9,2)3;;;/h5-13H,1-4H3;4-5,9H,1-3H3;2*1H;/q;;;;+2/p-2. The Labute approximate surface area is 245 Å². The van der Waals surface area contributed by atoms with Gasteiger partial charge in [0.15, 0.2) is 0 Å². The van der Waals surface area contributed by atoms with Gasteiger partial charge in [-0.25, -0.2) is 0 Å². The first-order valence-corrected chi connectivity index (χ1v) is 20.9. The molecule has 0 N–H and O–H groups in total. The second kappa shape index (κ2) is 10.3. The molecule has 2 aromatic carbocycles. The van der Waals surface area contributed by atoms with Crippen LogP contribution in [0.25, 0.3) is 22.4 Å². The zero-order chi connectivity index (χ0) is 23.7. The van der Waals surface area contributed by atoms with Crippen molar-refractivity contribution in [1.82, 2.24) is 0 Å². The van der Waals surface area contributed by atoms with Crippen molar-refractivity contribution in [2.75, 3.05) is 0 Å². The normalized spacial score (nSPS) is 20.4. The number of benzene rings is 2. The quantitative estimate of drug-likeness (QED) is 0.381. The summed E-state index contributed by atoms with van der Waals surface area (Å²) in [5.41, 5.74) is 13.0. The van der Waals surface area contributed by atoms with Crippen LogP contribution in [0.3, 0.4) is 0 Å². The van der Waals surface area contributed by atoms with Crippen LogP contribution in [-0.2, 0) is 24.7 Å². The largest absolute Gasteiger partial charge is 1.00 e. The number of fused-ring (bicyclic) bond motifs is 1. The molecule has 0 amide bonds. The SMILES string of the molecule is CC1=C2c3cscc3C1[Si]2(C)C.CC1=Cc2c(-c3ccc([Si](C)(C)C)cc3)cccc2[CH]1[Zr+2].[Cl-].[Cl-]. The molecule has 0 saturated heterocycles. The van der Waals surface area contributed by atoms with Crippen LogP contribution in [0.5, 0.6) is 0 Å². The van der Waals surface area contributed by atoms with E-state index in [2.05, 4.69) is 106 Å². The fourth-order valence-corrected chi connectivity index (χ4v) is 13.6. The second-order valence-electron chi connectivity index (χ2n) is 11.4. The van der Waals surface area contributed by atoms with Crippen LogP contribution in [0.4, 0.5) is 0 Å². The van der Waals surface area contributed by atoms with E-state index in [1.807, 2.05) is 11.3 Å². The maximum absolute atomic E-state index is 2.50. The number of allylic oxidation sites excluding steroid dienone is 2. The average molecular weight is 632 g/mol. The molecule has 4 aliphatic rings. The molecule has 2 bridgehead atoms. The van der Waals surface area contributed by atoms with Gasteiger partial charge >= 0.3 is 145 Å². The summed E-state index contributed by atoms with van der Waals surface area (Å²) in [4.78, 5) is 0. The minimum Gasteiger partial charge on any atom is -1.00 e. The number of hydrogen-bond acceptors (Lipinski definition) is 1. The Kier molecular flexibility index (Phi) is 8.60. The molecule has 0 radical (unpaired) electrons. The van der Waals surface area contributed by atoms with E-state index in [0.717, 1.165) is 5.54 Å². The van der Waals surface area contributed by atoms with Crippen LogP contribution in [0.1, 0.15) is 45.3 Å². The van der Waals surface area contributed by atoms with Gasteiger partial charge in [0.2, 0.25) is 0 Å². The Hall–Kier alpha value is -0.483. The van der Waals surface area contributed by atoms with Gasteiger partial charge in [-0.05, 0) is 28.8 Å². The van der Waals surface area contributed by atoms with Gasteiger partial charge in [0.05, 0.1) is 8.07 Å². The number of halogens is 2. The molecule has 2 aliphatic carbocycles. The van der Waals surface area contributed by atoms with Crippen LogP contribution < -0.4 is 30.0 Å².